The van der Waals surface area contributed by atoms with Crippen molar-refractivity contribution in [1.29, 1.82) is 0 Å². The Bertz CT molecular complexity index is 400. The first-order valence-electron chi connectivity index (χ1n) is 6.13. The summed E-state index contributed by atoms with van der Waals surface area (Å²) >= 11 is 0. The molecule has 6 nitrogen and oxygen atoms in total. The molecule has 1 aromatic heterocycles. The second kappa shape index (κ2) is 4.96. The molecule has 18 heavy (non-hydrogen) atoms. The molecule has 0 saturated heterocycles. The number of anilines is 1. The number of hydrogen-bond acceptors (Lipinski definition) is 6. The van der Waals surface area contributed by atoms with Crippen LogP contribution in [-0.2, 0) is 0 Å². The van der Waals surface area contributed by atoms with Crippen LogP contribution in [0.5, 0.6) is 12.0 Å². The molecule has 1 aromatic rings. The van der Waals surface area contributed by atoms with Crippen LogP contribution in [-0.4, -0.2) is 35.2 Å². The van der Waals surface area contributed by atoms with E-state index >= 15 is 0 Å². The minimum absolute atomic E-state index is 0.265. The molecule has 0 aliphatic heterocycles. The van der Waals surface area contributed by atoms with E-state index in [1.807, 2.05) is 0 Å². The van der Waals surface area contributed by atoms with Crippen LogP contribution in [0.15, 0.2) is 0 Å². The van der Waals surface area contributed by atoms with Gasteiger partial charge in [-0.15, -0.1) is 4.98 Å². The van der Waals surface area contributed by atoms with Crippen molar-refractivity contribution < 1.29 is 9.47 Å². The van der Waals surface area contributed by atoms with Gasteiger partial charge in [-0.3, -0.25) is 0 Å². The fraction of sp³-hybridized carbons (Fsp3) is 0.750. The first-order valence-corrected chi connectivity index (χ1v) is 6.13. The van der Waals surface area contributed by atoms with Gasteiger partial charge in [0.05, 0.1) is 14.2 Å². The van der Waals surface area contributed by atoms with E-state index in [1.54, 1.807) is 0 Å². The van der Waals surface area contributed by atoms with E-state index in [2.05, 4.69) is 34.1 Å². The van der Waals surface area contributed by atoms with Crippen LogP contribution in [0.3, 0.4) is 0 Å². The Morgan fingerprint density at radius 3 is 2.17 bits per heavy atom. The molecule has 1 saturated carbocycles. The summed E-state index contributed by atoms with van der Waals surface area (Å²) < 4.78 is 10.0. The van der Waals surface area contributed by atoms with E-state index < -0.39 is 0 Å². The van der Waals surface area contributed by atoms with Crippen molar-refractivity contribution in [2.75, 3.05) is 19.5 Å². The Morgan fingerprint density at radius 2 is 1.72 bits per heavy atom. The molecule has 0 amide bonds. The largest absolute Gasteiger partial charge is 0.467 e. The van der Waals surface area contributed by atoms with Crippen molar-refractivity contribution in [3.63, 3.8) is 0 Å². The van der Waals surface area contributed by atoms with E-state index in [4.69, 9.17) is 9.47 Å². The van der Waals surface area contributed by atoms with Crippen LogP contribution in [0.1, 0.15) is 33.1 Å². The number of nitrogens with zero attached hydrogens (tertiary/aromatic N) is 3. The summed E-state index contributed by atoms with van der Waals surface area (Å²) in [4.78, 5) is 12.3. The van der Waals surface area contributed by atoms with Crippen LogP contribution >= 0.6 is 0 Å². The number of aromatic nitrogens is 3. The highest BCUT2D eigenvalue weighted by Crippen LogP contribution is 2.38. The first kappa shape index (κ1) is 12.9. The standard InChI is InChI=1S/C12H20N4O2/c1-12(2)6-5-8(7-12)13-9-14-10(17-3)16-11(15-9)18-4/h8H,5-7H2,1-4H3,(H,13,14,15,16). The third-order valence-corrected chi connectivity index (χ3v) is 3.26. The summed E-state index contributed by atoms with van der Waals surface area (Å²) in [7, 11) is 3.05. The molecule has 1 heterocycles. The molecule has 2 rings (SSSR count). The van der Waals surface area contributed by atoms with E-state index in [0.29, 0.717) is 17.4 Å². The third kappa shape index (κ3) is 3.00. The lowest BCUT2D eigenvalue weighted by Gasteiger charge is -2.17. The van der Waals surface area contributed by atoms with Crippen LogP contribution < -0.4 is 14.8 Å². The topological polar surface area (TPSA) is 69.2 Å². The molecule has 1 atom stereocenters. The molecule has 1 unspecified atom stereocenters. The summed E-state index contributed by atoms with van der Waals surface area (Å²) in [5, 5.41) is 3.32. The third-order valence-electron chi connectivity index (χ3n) is 3.26. The Kier molecular flexibility index (Phi) is 3.54. The molecule has 0 aromatic carbocycles. The summed E-state index contributed by atoms with van der Waals surface area (Å²) in [6.45, 7) is 4.56. The van der Waals surface area contributed by atoms with Gasteiger partial charge in [0, 0.05) is 6.04 Å². The van der Waals surface area contributed by atoms with Crippen LogP contribution in [0, 0.1) is 5.41 Å². The fourth-order valence-electron chi connectivity index (χ4n) is 2.33. The maximum absolute atomic E-state index is 5.02. The smallest absolute Gasteiger partial charge is 0.324 e. The highest BCUT2D eigenvalue weighted by Gasteiger charge is 2.31. The number of hydrogen-bond donors (Lipinski definition) is 1. The molecule has 1 N–H and O–H groups in total. The van der Waals surface area contributed by atoms with Gasteiger partial charge in [-0.05, 0) is 24.7 Å². The quantitative estimate of drug-likeness (QED) is 0.882. The minimum atomic E-state index is 0.265. The minimum Gasteiger partial charge on any atom is -0.467 e. The molecule has 1 aliphatic rings. The summed E-state index contributed by atoms with van der Waals surface area (Å²) in [6, 6.07) is 0.931. The van der Waals surface area contributed by atoms with Gasteiger partial charge in [0.1, 0.15) is 0 Å². The van der Waals surface area contributed by atoms with Crippen LogP contribution in [0.2, 0.25) is 0 Å². The average molecular weight is 252 g/mol. The average Bonchev–Trinajstić information content (AvgIpc) is 2.68. The van der Waals surface area contributed by atoms with Crippen LogP contribution in [0.25, 0.3) is 0 Å². The highest BCUT2D eigenvalue weighted by molar-refractivity contribution is 5.29. The summed E-state index contributed by atoms with van der Waals surface area (Å²) in [6.07, 6.45) is 3.46. The second-order valence-electron chi connectivity index (χ2n) is 5.38. The van der Waals surface area contributed by atoms with Crippen molar-refractivity contribution >= 4 is 5.95 Å². The van der Waals surface area contributed by atoms with Gasteiger partial charge in [0.15, 0.2) is 0 Å². The van der Waals surface area contributed by atoms with E-state index in [0.717, 1.165) is 12.8 Å². The van der Waals surface area contributed by atoms with Crippen molar-refractivity contribution in [2.24, 2.45) is 5.41 Å². The van der Waals surface area contributed by atoms with Gasteiger partial charge < -0.3 is 14.8 Å². The lowest BCUT2D eigenvalue weighted by Crippen LogP contribution is -2.19. The summed E-state index contributed by atoms with van der Waals surface area (Å²) in [5.41, 5.74) is 0.388. The Hall–Kier alpha value is -1.59. The molecular weight excluding hydrogens is 232 g/mol. The number of rotatable bonds is 4. The van der Waals surface area contributed by atoms with Gasteiger partial charge in [0.2, 0.25) is 5.95 Å². The Labute approximate surface area is 107 Å². The molecule has 100 valence electrons. The molecule has 0 bridgehead atoms. The van der Waals surface area contributed by atoms with Gasteiger partial charge in [-0.25, -0.2) is 0 Å². The van der Waals surface area contributed by atoms with Gasteiger partial charge in [0.25, 0.3) is 0 Å². The van der Waals surface area contributed by atoms with Crippen molar-refractivity contribution in [3.05, 3.63) is 0 Å². The lowest BCUT2D eigenvalue weighted by atomic mass is 9.92. The SMILES string of the molecule is COc1nc(NC2CCC(C)(C)C2)nc(OC)n1. The zero-order chi connectivity index (χ0) is 13.2. The lowest BCUT2D eigenvalue weighted by molar-refractivity contribution is 0.340. The molecule has 1 fully saturated rings. The van der Waals surface area contributed by atoms with Gasteiger partial charge in [-0.1, -0.05) is 13.8 Å². The predicted octanol–water partition coefficient (Wildman–Crippen LogP) is 1.88. The number of nitrogens with one attached hydrogen (secondary N) is 1. The van der Waals surface area contributed by atoms with Crippen molar-refractivity contribution in [2.45, 2.75) is 39.2 Å². The maximum Gasteiger partial charge on any atom is 0.324 e. The molecular formula is C12H20N4O2. The van der Waals surface area contributed by atoms with E-state index in [9.17, 15) is 0 Å². The molecule has 6 heteroatoms. The van der Waals surface area contributed by atoms with E-state index in [-0.39, 0.29) is 12.0 Å². The van der Waals surface area contributed by atoms with E-state index in [1.165, 1.54) is 20.6 Å². The van der Waals surface area contributed by atoms with Crippen LogP contribution in [0.4, 0.5) is 5.95 Å². The molecule has 1 aliphatic carbocycles. The number of ether oxygens (including phenoxy) is 2. The summed E-state index contributed by atoms with van der Waals surface area (Å²) in [5.74, 6) is 0.515. The Balaban J connectivity index is 2.09. The zero-order valence-electron chi connectivity index (χ0n) is 11.4. The number of methoxy groups -OCH3 is 2. The maximum atomic E-state index is 5.02. The zero-order valence-corrected chi connectivity index (χ0v) is 11.4. The van der Waals surface area contributed by atoms with Crippen molar-refractivity contribution in [1.82, 2.24) is 15.0 Å². The monoisotopic (exact) mass is 252 g/mol. The first-order chi connectivity index (χ1) is 8.52. The van der Waals surface area contributed by atoms with Crippen molar-refractivity contribution in [3.8, 4) is 12.0 Å². The molecule has 0 spiro atoms. The van der Waals surface area contributed by atoms with Gasteiger partial charge >= 0.3 is 12.0 Å². The fourth-order valence-corrected chi connectivity index (χ4v) is 2.33. The predicted molar refractivity (Wildman–Crippen MR) is 68.0 cm³/mol. The highest BCUT2D eigenvalue weighted by atomic mass is 16.5. The van der Waals surface area contributed by atoms with Gasteiger partial charge in [-0.2, -0.15) is 9.97 Å². The second-order valence-corrected chi connectivity index (χ2v) is 5.38. The Morgan fingerprint density at radius 1 is 1.11 bits per heavy atom. The normalized spacial score (nSPS) is 21.7. The molecule has 0 radical (unpaired) electrons.